The highest BCUT2D eigenvalue weighted by Crippen LogP contribution is 2.43. The van der Waals surface area contributed by atoms with Crippen LogP contribution in [0.5, 0.6) is 0 Å². The van der Waals surface area contributed by atoms with Crippen molar-refractivity contribution in [3.05, 3.63) is 58.2 Å². The second kappa shape index (κ2) is 9.73. The van der Waals surface area contributed by atoms with Gasteiger partial charge in [0.25, 0.3) is 0 Å². The van der Waals surface area contributed by atoms with Crippen LogP contribution in [-0.4, -0.2) is 17.0 Å². The highest BCUT2D eigenvalue weighted by molar-refractivity contribution is 5.46. The maximum absolute atomic E-state index is 2.88. The van der Waals surface area contributed by atoms with Crippen molar-refractivity contribution in [2.75, 3.05) is 0 Å². The molecule has 1 aliphatic heterocycles. The molecule has 0 bridgehead atoms. The van der Waals surface area contributed by atoms with Crippen LogP contribution in [0.2, 0.25) is 0 Å². The Kier molecular flexibility index (Phi) is 7.35. The van der Waals surface area contributed by atoms with Crippen LogP contribution < -0.4 is 0 Å². The fraction of sp³-hybridized carbons (Fsp3) is 0.615. The van der Waals surface area contributed by atoms with Gasteiger partial charge in [0.05, 0.1) is 0 Å². The fourth-order valence-electron chi connectivity index (χ4n) is 5.40. The summed E-state index contributed by atoms with van der Waals surface area (Å²) in [5.74, 6) is 0. The van der Waals surface area contributed by atoms with Crippen LogP contribution in [0.3, 0.4) is 0 Å². The molecule has 0 unspecified atom stereocenters. The first kappa shape index (κ1) is 20.4. The van der Waals surface area contributed by atoms with Crippen LogP contribution in [0, 0.1) is 0 Å². The highest BCUT2D eigenvalue weighted by atomic mass is 15.2. The highest BCUT2D eigenvalue weighted by Gasteiger charge is 2.38. The molecule has 1 fully saturated rings. The number of allylic oxidation sites excluding steroid dienone is 1. The number of nitrogens with zero attached hydrogens (tertiary/aromatic N) is 1. The molecule has 3 rings (SSSR count). The molecule has 27 heavy (non-hydrogen) atoms. The van der Waals surface area contributed by atoms with Gasteiger partial charge in [0, 0.05) is 18.6 Å². The van der Waals surface area contributed by atoms with Crippen molar-refractivity contribution in [1.29, 1.82) is 0 Å². The van der Waals surface area contributed by atoms with Gasteiger partial charge in [-0.1, -0.05) is 74.9 Å². The zero-order valence-corrected chi connectivity index (χ0v) is 18.1. The van der Waals surface area contributed by atoms with Gasteiger partial charge in [0.15, 0.2) is 0 Å². The lowest BCUT2D eigenvalue weighted by Crippen LogP contribution is -2.49. The molecule has 1 heteroatoms. The predicted molar refractivity (Wildman–Crippen MR) is 118 cm³/mol. The third kappa shape index (κ3) is 4.74. The second-order valence-electron chi connectivity index (χ2n) is 8.85. The number of rotatable bonds is 7. The van der Waals surface area contributed by atoms with Crippen molar-refractivity contribution >= 4 is 0 Å². The molecule has 2 atom stereocenters. The molecule has 0 aromatic heterocycles. The van der Waals surface area contributed by atoms with Gasteiger partial charge < -0.3 is 0 Å². The number of hydrogen-bond donors (Lipinski definition) is 0. The summed E-state index contributed by atoms with van der Waals surface area (Å²) < 4.78 is 0. The standard InChI is InChI=1S/C26H39N/c1-5-6-7-11-18-25-26(20(2)3)21(4)23-16-12-13-17-24(23)27(25)19-22-14-9-8-10-15-22/h8-10,14-15,24-25H,5-7,11-13,16-19H2,1-4H3/t24-,25+/m1/s1. The minimum atomic E-state index is 0.596. The van der Waals surface area contributed by atoms with E-state index in [1.54, 1.807) is 16.7 Å². The summed E-state index contributed by atoms with van der Waals surface area (Å²) in [5, 5.41) is 0. The summed E-state index contributed by atoms with van der Waals surface area (Å²) in [7, 11) is 0. The third-order valence-corrected chi connectivity index (χ3v) is 6.67. The molecule has 0 saturated heterocycles. The Morgan fingerprint density at radius 1 is 1.04 bits per heavy atom. The van der Waals surface area contributed by atoms with E-state index in [2.05, 4.69) is 62.9 Å². The van der Waals surface area contributed by atoms with Gasteiger partial charge >= 0.3 is 0 Å². The number of hydrogen-bond acceptors (Lipinski definition) is 1. The van der Waals surface area contributed by atoms with Crippen molar-refractivity contribution in [2.45, 2.75) is 104 Å². The average molecular weight is 366 g/mol. The smallest absolute Gasteiger partial charge is 0.0359 e. The van der Waals surface area contributed by atoms with E-state index in [0.717, 1.165) is 6.54 Å². The van der Waals surface area contributed by atoms with Gasteiger partial charge in [-0.2, -0.15) is 0 Å². The zero-order valence-electron chi connectivity index (χ0n) is 18.1. The molecule has 0 spiro atoms. The van der Waals surface area contributed by atoms with Gasteiger partial charge in [-0.05, 0) is 68.7 Å². The first-order chi connectivity index (χ1) is 13.1. The average Bonchev–Trinajstić information content (AvgIpc) is 2.68. The van der Waals surface area contributed by atoms with Crippen LogP contribution in [0.15, 0.2) is 52.6 Å². The van der Waals surface area contributed by atoms with Crippen molar-refractivity contribution in [3.63, 3.8) is 0 Å². The molecule has 1 aromatic carbocycles. The number of unbranched alkanes of at least 4 members (excludes halogenated alkanes) is 3. The van der Waals surface area contributed by atoms with E-state index in [4.69, 9.17) is 0 Å². The summed E-state index contributed by atoms with van der Waals surface area (Å²) >= 11 is 0. The summed E-state index contributed by atoms with van der Waals surface area (Å²) in [4.78, 5) is 2.88. The number of benzene rings is 1. The predicted octanol–water partition coefficient (Wildman–Crippen LogP) is 7.44. The Bertz CT molecular complexity index is 663. The van der Waals surface area contributed by atoms with E-state index in [1.807, 2.05) is 0 Å². The largest absolute Gasteiger partial charge is 0.285 e. The molecule has 1 aliphatic carbocycles. The lowest BCUT2D eigenvalue weighted by atomic mass is 9.75. The van der Waals surface area contributed by atoms with E-state index >= 15 is 0 Å². The minimum absolute atomic E-state index is 0.596. The molecular weight excluding hydrogens is 326 g/mol. The summed E-state index contributed by atoms with van der Waals surface area (Å²) in [6, 6.07) is 12.4. The molecule has 1 nitrogen and oxygen atoms in total. The van der Waals surface area contributed by atoms with Gasteiger partial charge in [0.1, 0.15) is 0 Å². The van der Waals surface area contributed by atoms with E-state index in [1.165, 1.54) is 68.9 Å². The monoisotopic (exact) mass is 365 g/mol. The Labute approximate surface area is 167 Å². The van der Waals surface area contributed by atoms with E-state index in [-0.39, 0.29) is 0 Å². The second-order valence-corrected chi connectivity index (χ2v) is 8.85. The summed E-state index contributed by atoms with van der Waals surface area (Å²) in [6.45, 7) is 10.5. The molecular formula is C26H39N. The summed E-state index contributed by atoms with van der Waals surface area (Å²) in [5.41, 5.74) is 8.05. The van der Waals surface area contributed by atoms with Gasteiger partial charge in [-0.3, -0.25) is 4.90 Å². The molecule has 0 radical (unpaired) electrons. The van der Waals surface area contributed by atoms with Gasteiger partial charge in [0.2, 0.25) is 0 Å². The van der Waals surface area contributed by atoms with Crippen LogP contribution in [0.4, 0.5) is 0 Å². The third-order valence-electron chi connectivity index (χ3n) is 6.67. The lowest BCUT2D eigenvalue weighted by molar-refractivity contribution is 0.126. The minimum Gasteiger partial charge on any atom is -0.285 e. The van der Waals surface area contributed by atoms with Crippen molar-refractivity contribution in [2.24, 2.45) is 0 Å². The quantitative estimate of drug-likeness (QED) is 0.454. The maximum Gasteiger partial charge on any atom is 0.0359 e. The van der Waals surface area contributed by atoms with Crippen LogP contribution >= 0.6 is 0 Å². The topological polar surface area (TPSA) is 3.24 Å². The Balaban J connectivity index is 1.94. The number of fused-ring (bicyclic) bond motifs is 1. The SMILES string of the molecule is CCCCCC[C@H]1C(=C(C)C)C(C)=C2CCCC[C@H]2N1Cc1ccccc1. The molecule has 0 N–H and O–H groups in total. The molecule has 2 aliphatic rings. The fourth-order valence-corrected chi connectivity index (χ4v) is 5.40. The molecule has 148 valence electrons. The van der Waals surface area contributed by atoms with Crippen LogP contribution in [0.25, 0.3) is 0 Å². The lowest BCUT2D eigenvalue weighted by Gasteiger charge is -2.48. The van der Waals surface area contributed by atoms with E-state index in [0.29, 0.717) is 12.1 Å². The van der Waals surface area contributed by atoms with Gasteiger partial charge in [-0.15, -0.1) is 0 Å². The van der Waals surface area contributed by atoms with E-state index in [9.17, 15) is 0 Å². The molecule has 1 saturated carbocycles. The maximum atomic E-state index is 2.88. The van der Waals surface area contributed by atoms with Crippen molar-refractivity contribution < 1.29 is 0 Å². The van der Waals surface area contributed by atoms with Gasteiger partial charge in [-0.25, -0.2) is 0 Å². The molecule has 1 heterocycles. The molecule has 0 amide bonds. The Morgan fingerprint density at radius 2 is 1.81 bits per heavy atom. The molecule has 1 aromatic rings. The Morgan fingerprint density at radius 3 is 2.52 bits per heavy atom. The van der Waals surface area contributed by atoms with Crippen molar-refractivity contribution in [1.82, 2.24) is 4.90 Å². The first-order valence-corrected chi connectivity index (χ1v) is 11.3. The zero-order chi connectivity index (χ0) is 19.2. The van der Waals surface area contributed by atoms with Crippen LogP contribution in [-0.2, 0) is 6.54 Å². The summed E-state index contributed by atoms with van der Waals surface area (Å²) in [6.07, 6.45) is 12.2. The van der Waals surface area contributed by atoms with E-state index < -0.39 is 0 Å². The Hall–Kier alpha value is -1.34. The first-order valence-electron chi connectivity index (χ1n) is 11.3. The normalized spacial score (nSPS) is 23.5. The van der Waals surface area contributed by atoms with Crippen molar-refractivity contribution in [3.8, 4) is 0 Å². The van der Waals surface area contributed by atoms with Crippen LogP contribution in [0.1, 0.15) is 91.0 Å².